The minimum atomic E-state index is -3.40. The zero-order valence-corrected chi connectivity index (χ0v) is 19.9. The van der Waals surface area contributed by atoms with Gasteiger partial charge in [-0.1, -0.05) is 11.3 Å². The molecule has 11 heteroatoms. The van der Waals surface area contributed by atoms with Gasteiger partial charge in [0.25, 0.3) is 5.91 Å². The zero-order chi connectivity index (χ0) is 24.2. The SMILES string of the molecule is CCOC(=O)Cn1c(=NC(=O)c2ccc(S(C)(=O)=O)cc2)sc2cc(C(=O)OCC)ccc21. The van der Waals surface area contributed by atoms with E-state index in [0.29, 0.717) is 15.8 Å². The van der Waals surface area contributed by atoms with E-state index in [0.717, 1.165) is 17.6 Å². The summed E-state index contributed by atoms with van der Waals surface area (Å²) in [4.78, 5) is 41.5. The maximum absolute atomic E-state index is 12.8. The van der Waals surface area contributed by atoms with Gasteiger partial charge in [0, 0.05) is 11.8 Å². The van der Waals surface area contributed by atoms with Crippen LogP contribution in [-0.2, 0) is 30.7 Å². The molecule has 2 aromatic carbocycles. The molecule has 0 radical (unpaired) electrons. The molecule has 1 aromatic heterocycles. The van der Waals surface area contributed by atoms with Crippen LogP contribution in [0, 0.1) is 0 Å². The van der Waals surface area contributed by atoms with Gasteiger partial charge in [0.15, 0.2) is 14.6 Å². The van der Waals surface area contributed by atoms with Gasteiger partial charge in [-0.25, -0.2) is 13.2 Å². The largest absolute Gasteiger partial charge is 0.465 e. The normalized spacial score (nSPS) is 12.0. The third-order valence-corrected chi connectivity index (χ3v) is 6.68. The molecule has 0 spiro atoms. The Morgan fingerprint density at radius 1 is 0.970 bits per heavy atom. The minimum absolute atomic E-state index is 0.0878. The summed E-state index contributed by atoms with van der Waals surface area (Å²) >= 11 is 1.13. The lowest BCUT2D eigenvalue weighted by Crippen LogP contribution is -2.23. The molecule has 3 rings (SSSR count). The molecule has 0 aliphatic heterocycles. The Balaban J connectivity index is 2.08. The molecular formula is C22H22N2O7S2. The molecule has 0 N–H and O–H groups in total. The first-order valence-electron chi connectivity index (χ1n) is 9.99. The van der Waals surface area contributed by atoms with Gasteiger partial charge in [-0.2, -0.15) is 4.99 Å². The van der Waals surface area contributed by atoms with E-state index in [1.165, 1.54) is 28.8 Å². The van der Waals surface area contributed by atoms with Gasteiger partial charge in [-0.05, 0) is 56.3 Å². The van der Waals surface area contributed by atoms with E-state index in [-0.39, 0.29) is 35.0 Å². The first kappa shape index (κ1) is 24.3. The second-order valence-corrected chi connectivity index (χ2v) is 9.92. The summed E-state index contributed by atoms with van der Waals surface area (Å²) < 4.78 is 35.5. The molecule has 0 atom stereocenters. The number of ether oxygens (including phenoxy) is 2. The molecule has 33 heavy (non-hydrogen) atoms. The Labute approximate surface area is 194 Å². The van der Waals surface area contributed by atoms with Crippen LogP contribution in [0.3, 0.4) is 0 Å². The van der Waals surface area contributed by atoms with E-state index in [2.05, 4.69) is 4.99 Å². The molecule has 174 valence electrons. The smallest absolute Gasteiger partial charge is 0.338 e. The van der Waals surface area contributed by atoms with Crippen LogP contribution < -0.4 is 4.80 Å². The number of thiazole rings is 1. The fourth-order valence-corrected chi connectivity index (χ4v) is 4.68. The molecule has 1 amide bonds. The first-order chi connectivity index (χ1) is 15.6. The Bertz CT molecular complexity index is 1380. The van der Waals surface area contributed by atoms with Crippen molar-refractivity contribution in [3.8, 4) is 0 Å². The molecule has 0 saturated heterocycles. The number of hydrogen-bond acceptors (Lipinski definition) is 8. The summed E-state index contributed by atoms with van der Waals surface area (Å²) in [5.41, 5.74) is 1.12. The first-order valence-corrected chi connectivity index (χ1v) is 12.7. The van der Waals surface area contributed by atoms with Crippen molar-refractivity contribution in [2.45, 2.75) is 25.3 Å². The van der Waals surface area contributed by atoms with Crippen LogP contribution in [0.4, 0.5) is 0 Å². The monoisotopic (exact) mass is 490 g/mol. The fraction of sp³-hybridized carbons (Fsp3) is 0.273. The van der Waals surface area contributed by atoms with Crippen LogP contribution >= 0.6 is 11.3 Å². The summed E-state index contributed by atoms with van der Waals surface area (Å²) in [6.07, 6.45) is 1.08. The number of sulfone groups is 1. The third kappa shape index (κ3) is 5.74. The standard InChI is InChI=1S/C22H22N2O7S2/c1-4-30-19(25)13-24-17-11-8-15(21(27)31-5-2)12-18(17)32-22(24)23-20(26)14-6-9-16(10-7-14)33(3,28)29/h6-12H,4-5,13H2,1-3H3. The summed E-state index contributed by atoms with van der Waals surface area (Å²) in [5, 5.41) is 0. The Kier molecular flexibility index (Phi) is 7.44. The van der Waals surface area contributed by atoms with Gasteiger partial charge in [-0.15, -0.1) is 0 Å². The van der Waals surface area contributed by atoms with Gasteiger partial charge < -0.3 is 14.0 Å². The van der Waals surface area contributed by atoms with E-state index in [4.69, 9.17) is 9.47 Å². The van der Waals surface area contributed by atoms with Crippen LogP contribution in [0.5, 0.6) is 0 Å². The summed E-state index contributed by atoms with van der Waals surface area (Å²) in [5.74, 6) is -1.59. The number of esters is 2. The zero-order valence-electron chi connectivity index (χ0n) is 18.2. The summed E-state index contributed by atoms with van der Waals surface area (Å²) in [6.45, 7) is 3.66. The third-order valence-electron chi connectivity index (χ3n) is 4.51. The molecular weight excluding hydrogens is 468 g/mol. The molecule has 0 aliphatic rings. The van der Waals surface area contributed by atoms with Crippen molar-refractivity contribution in [3.05, 3.63) is 58.4 Å². The quantitative estimate of drug-likeness (QED) is 0.467. The number of carbonyl (C=O) groups excluding carboxylic acids is 3. The highest BCUT2D eigenvalue weighted by molar-refractivity contribution is 7.90. The average molecular weight is 491 g/mol. The van der Waals surface area contributed by atoms with Gasteiger partial charge >= 0.3 is 11.9 Å². The van der Waals surface area contributed by atoms with Crippen molar-refractivity contribution in [2.75, 3.05) is 19.5 Å². The molecule has 0 aliphatic carbocycles. The summed E-state index contributed by atoms with van der Waals surface area (Å²) in [7, 11) is -3.40. The van der Waals surface area contributed by atoms with Gasteiger partial charge in [0.05, 0.1) is 33.9 Å². The predicted molar refractivity (Wildman–Crippen MR) is 122 cm³/mol. The lowest BCUT2D eigenvalue weighted by molar-refractivity contribution is -0.143. The maximum atomic E-state index is 12.8. The van der Waals surface area contributed by atoms with Gasteiger partial charge in [0.2, 0.25) is 0 Å². The number of amides is 1. The second-order valence-electron chi connectivity index (χ2n) is 6.89. The number of carbonyl (C=O) groups is 3. The number of fused-ring (bicyclic) bond motifs is 1. The lowest BCUT2D eigenvalue weighted by Gasteiger charge is -2.06. The highest BCUT2D eigenvalue weighted by Crippen LogP contribution is 2.20. The molecule has 9 nitrogen and oxygen atoms in total. The van der Waals surface area contributed by atoms with Crippen LogP contribution in [-0.4, -0.2) is 50.3 Å². The lowest BCUT2D eigenvalue weighted by atomic mass is 10.2. The van der Waals surface area contributed by atoms with Crippen molar-refractivity contribution in [2.24, 2.45) is 4.99 Å². The number of rotatable bonds is 7. The van der Waals surface area contributed by atoms with Gasteiger partial charge in [-0.3, -0.25) is 9.59 Å². The van der Waals surface area contributed by atoms with E-state index in [1.54, 1.807) is 32.0 Å². The Morgan fingerprint density at radius 3 is 2.21 bits per heavy atom. The van der Waals surface area contributed by atoms with Crippen LogP contribution in [0.25, 0.3) is 10.2 Å². The van der Waals surface area contributed by atoms with Crippen molar-refractivity contribution in [1.82, 2.24) is 4.57 Å². The molecule has 1 heterocycles. The topological polar surface area (TPSA) is 121 Å². The molecule has 0 unspecified atom stereocenters. The number of aromatic nitrogens is 1. The average Bonchev–Trinajstić information content (AvgIpc) is 3.09. The van der Waals surface area contributed by atoms with Crippen LogP contribution in [0.2, 0.25) is 0 Å². The minimum Gasteiger partial charge on any atom is -0.465 e. The number of hydrogen-bond donors (Lipinski definition) is 0. The molecule has 0 saturated carbocycles. The maximum Gasteiger partial charge on any atom is 0.338 e. The molecule has 3 aromatic rings. The summed E-state index contributed by atoms with van der Waals surface area (Å²) in [6, 6.07) is 10.3. The molecule has 0 fully saturated rings. The predicted octanol–water partition coefficient (Wildman–Crippen LogP) is 2.59. The second kappa shape index (κ2) is 10.1. The van der Waals surface area contributed by atoms with Crippen molar-refractivity contribution in [3.63, 3.8) is 0 Å². The van der Waals surface area contributed by atoms with Crippen LogP contribution in [0.15, 0.2) is 52.4 Å². The van der Waals surface area contributed by atoms with Crippen molar-refractivity contribution >= 4 is 49.2 Å². The number of nitrogens with zero attached hydrogens (tertiary/aromatic N) is 2. The van der Waals surface area contributed by atoms with E-state index in [1.807, 2.05) is 0 Å². The highest BCUT2D eigenvalue weighted by Gasteiger charge is 2.16. The van der Waals surface area contributed by atoms with Gasteiger partial charge in [0.1, 0.15) is 6.54 Å². The fourth-order valence-electron chi connectivity index (χ4n) is 2.98. The Morgan fingerprint density at radius 2 is 1.61 bits per heavy atom. The van der Waals surface area contributed by atoms with E-state index in [9.17, 15) is 22.8 Å². The van der Waals surface area contributed by atoms with Crippen LogP contribution in [0.1, 0.15) is 34.6 Å². The van der Waals surface area contributed by atoms with E-state index < -0.39 is 27.7 Å². The van der Waals surface area contributed by atoms with E-state index >= 15 is 0 Å². The van der Waals surface area contributed by atoms with Crippen molar-refractivity contribution < 1.29 is 32.3 Å². The number of benzene rings is 2. The highest BCUT2D eigenvalue weighted by atomic mass is 32.2. The van der Waals surface area contributed by atoms with Crippen molar-refractivity contribution in [1.29, 1.82) is 0 Å². The molecule has 0 bridgehead atoms. The Hall–Kier alpha value is -3.31.